The van der Waals surface area contributed by atoms with Gasteiger partial charge in [0.15, 0.2) is 5.82 Å². The average molecular weight is 292 g/mol. The van der Waals surface area contributed by atoms with Gasteiger partial charge < -0.3 is 10.0 Å². The van der Waals surface area contributed by atoms with Crippen LogP contribution in [0.3, 0.4) is 0 Å². The number of hydrogen-bond acceptors (Lipinski definition) is 4. The SMILES string of the molecule is C=N/C(=C\C(=C)N1CC[C@@H](O)C[C@H]1C)c1c(F)cnn1C. The summed E-state index contributed by atoms with van der Waals surface area (Å²) in [6, 6.07) is 0.181. The van der Waals surface area contributed by atoms with E-state index >= 15 is 0 Å². The highest BCUT2D eigenvalue weighted by Crippen LogP contribution is 2.25. The van der Waals surface area contributed by atoms with E-state index in [9.17, 15) is 9.50 Å². The van der Waals surface area contributed by atoms with E-state index in [1.807, 2.05) is 6.92 Å². The first-order valence-corrected chi connectivity index (χ1v) is 6.94. The molecule has 6 heteroatoms. The summed E-state index contributed by atoms with van der Waals surface area (Å²) in [5.74, 6) is -0.439. The van der Waals surface area contributed by atoms with Gasteiger partial charge in [0.25, 0.3) is 0 Å². The Morgan fingerprint density at radius 2 is 2.33 bits per heavy atom. The number of nitrogens with zero attached hydrogens (tertiary/aromatic N) is 4. The lowest BCUT2D eigenvalue weighted by molar-refractivity contribution is 0.0683. The molecule has 0 amide bonds. The third kappa shape index (κ3) is 3.21. The standard InChI is InChI=1S/C15H21FN4O/c1-10-7-12(21)5-6-20(10)11(2)8-14(17-3)15-13(16)9-18-19(15)4/h8-10,12,21H,2-3,5-7H2,1,4H3/b14-8-/t10-,12-/m1/s1. The normalized spacial score (nSPS) is 23.2. The number of allylic oxidation sites excluding steroid dienone is 1. The van der Waals surface area contributed by atoms with Crippen LogP contribution in [0.4, 0.5) is 4.39 Å². The van der Waals surface area contributed by atoms with Gasteiger partial charge in [-0.05, 0) is 32.6 Å². The maximum Gasteiger partial charge on any atom is 0.170 e. The van der Waals surface area contributed by atoms with Crippen LogP contribution in [-0.4, -0.2) is 45.2 Å². The minimum Gasteiger partial charge on any atom is -0.393 e. The molecule has 2 rings (SSSR count). The fourth-order valence-corrected chi connectivity index (χ4v) is 2.70. The second kappa shape index (κ2) is 6.22. The van der Waals surface area contributed by atoms with Gasteiger partial charge in [-0.2, -0.15) is 5.10 Å². The quantitative estimate of drug-likeness (QED) is 0.682. The molecule has 5 nitrogen and oxygen atoms in total. The fourth-order valence-electron chi connectivity index (χ4n) is 2.70. The summed E-state index contributed by atoms with van der Waals surface area (Å²) in [4.78, 5) is 5.99. The summed E-state index contributed by atoms with van der Waals surface area (Å²) in [5, 5.41) is 13.5. The first-order valence-electron chi connectivity index (χ1n) is 6.94. The number of aliphatic imine (C=N–C) groups is 1. The molecule has 1 N–H and O–H groups in total. The molecule has 0 spiro atoms. The molecule has 0 aromatic carbocycles. The van der Waals surface area contributed by atoms with E-state index in [4.69, 9.17) is 0 Å². The smallest absolute Gasteiger partial charge is 0.170 e. The number of aliphatic hydroxyl groups is 1. The van der Waals surface area contributed by atoms with E-state index in [2.05, 4.69) is 28.3 Å². The molecule has 1 aliphatic rings. The Morgan fingerprint density at radius 3 is 2.86 bits per heavy atom. The fraction of sp³-hybridized carbons (Fsp3) is 0.467. The number of piperidine rings is 1. The van der Waals surface area contributed by atoms with Gasteiger partial charge in [-0.1, -0.05) is 6.58 Å². The predicted octanol–water partition coefficient (Wildman–Crippen LogP) is 1.96. The third-order valence-electron chi connectivity index (χ3n) is 3.83. The molecule has 1 aromatic heterocycles. The number of aromatic nitrogens is 2. The third-order valence-corrected chi connectivity index (χ3v) is 3.83. The monoisotopic (exact) mass is 292 g/mol. The number of aryl methyl sites for hydroxylation is 1. The number of rotatable bonds is 4. The molecule has 0 bridgehead atoms. The maximum absolute atomic E-state index is 13.8. The summed E-state index contributed by atoms with van der Waals surface area (Å²) in [6.07, 6.45) is 4.00. The van der Waals surface area contributed by atoms with Crippen LogP contribution in [-0.2, 0) is 7.05 Å². The van der Waals surface area contributed by atoms with Crippen molar-refractivity contribution in [2.24, 2.45) is 12.0 Å². The molecule has 21 heavy (non-hydrogen) atoms. The van der Waals surface area contributed by atoms with Crippen LogP contribution in [0, 0.1) is 5.82 Å². The van der Waals surface area contributed by atoms with Gasteiger partial charge in [-0.3, -0.25) is 9.67 Å². The van der Waals surface area contributed by atoms with Gasteiger partial charge in [0.2, 0.25) is 0 Å². The van der Waals surface area contributed by atoms with E-state index in [0.717, 1.165) is 18.4 Å². The highest BCUT2D eigenvalue weighted by atomic mass is 19.1. The molecule has 0 unspecified atom stereocenters. The molecule has 1 fully saturated rings. The van der Waals surface area contributed by atoms with E-state index in [1.165, 1.54) is 4.68 Å². The second-order valence-corrected chi connectivity index (χ2v) is 5.36. The van der Waals surface area contributed by atoms with Crippen molar-refractivity contribution in [2.45, 2.75) is 31.9 Å². The molecule has 1 aromatic rings. The van der Waals surface area contributed by atoms with E-state index in [0.29, 0.717) is 18.5 Å². The van der Waals surface area contributed by atoms with Crippen molar-refractivity contribution in [1.29, 1.82) is 0 Å². The largest absolute Gasteiger partial charge is 0.393 e. The number of aliphatic hydroxyl groups excluding tert-OH is 1. The highest BCUT2D eigenvalue weighted by molar-refractivity contribution is 5.68. The van der Waals surface area contributed by atoms with Crippen molar-refractivity contribution in [1.82, 2.24) is 14.7 Å². The highest BCUT2D eigenvalue weighted by Gasteiger charge is 2.24. The Morgan fingerprint density at radius 1 is 1.62 bits per heavy atom. The first kappa shape index (κ1) is 15.4. The maximum atomic E-state index is 13.8. The van der Waals surface area contributed by atoms with Crippen LogP contribution in [0.15, 0.2) is 29.5 Å². The Bertz CT molecular complexity index is 559. The van der Waals surface area contributed by atoms with Gasteiger partial charge in [-0.25, -0.2) is 4.39 Å². The zero-order valence-electron chi connectivity index (χ0n) is 12.5. The van der Waals surface area contributed by atoms with Crippen molar-refractivity contribution in [3.8, 4) is 0 Å². The Hall–Kier alpha value is -1.95. The lowest BCUT2D eigenvalue weighted by atomic mass is 10.00. The summed E-state index contributed by atoms with van der Waals surface area (Å²) >= 11 is 0. The van der Waals surface area contributed by atoms with Gasteiger partial charge in [0.05, 0.1) is 18.0 Å². The first-order chi connectivity index (χ1) is 9.93. The molecule has 2 atom stereocenters. The van der Waals surface area contributed by atoms with Gasteiger partial charge in [-0.15, -0.1) is 0 Å². The minimum atomic E-state index is -0.439. The van der Waals surface area contributed by atoms with Crippen LogP contribution in [0.5, 0.6) is 0 Å². The number of hydrogen-bond donors (Lipinski definition) is 1. The van der Waals surface area contributed by atoms with Crippen LogP contribution < -0.4 is 0 Å². The van der Waals surface area contributed by atoms with Crippen molar-refractivity contribution < 1.29 is 9.50 Å². The molecular formula is C15H21FN4O. The van der Waals surface area contributed by atoms with Crippen LogP contribution >= 0.6 is 0 Å². The minimum absolute atomic E-state index is 0.181. The molecule has 0 saturated carbocycles. The van der Waals surface area contributed by atoms with Crippen molar-refractivity contribution in [2.75, 3.05) is 6.54 Å². The summed E-state index contributed by atoms with van der Waals surface area (Å²) in [6.45, 7) is 10.3. The average Bonchev–Trinajstić information content (AvgIpc) is 2.75. The topological polar surface area (TPSA) is 53.6 Å². The van der Waals surface area contributed by atoms with E-state index < -0.39 is 5.82 Å². The molecule has 1 aliphatic heterocycles. The zero-order chi connectivity index (χ0) is 15.6. The van der Waals surface area contributed by atoms with Crippen LogP contribution in [0.25, 0.3) is 5.70 Å². The lowest BCUT2D eigenvalue weighted by Gasteiger charge is -2.38. The Labute approximate surface area is 124 Å². The predicted molar refractivity (Wildman–Crippen MR) is 81.2 cm³/mol. The van der Waals surface area contributed by atoms with Crippen molar-refractivity contribution in [3.63, 3.8) is 0 Å². The van der Waals surface area contributed by atoms with Gasteiger partial charge in [0, 0.05) is 25.3 Å². The zero-order valence-corrected chi connectivity index (χ0v) is 12.5. The number of likely N-dealkylation sites (tertiary alicyclic amines) is 1. The van der Waals surface area contributed by atoms with Gasteiger partial charge >= 0.3 is 0 Å². The summed E-state index contributed by atoms with van der Waals surface area (Å²) in [5.41, 5.74) is 1.42. The molecule has 0 aliphatic carbocycles. The van der Waals surface area contributed by atoms with E-state index in [-0.39, 0.29) is 17.8 Å². The molecular weight excluding hydrogens is 271 g/mol. The summed E-state index contributed by atoms with van der Waals surface area (Å²) < 4.78 is 15.2. The number of halogens is 1. The molecule has 0 radical (unpaired) electrons. The molecule has 114 valence electrons. The van der Waals surface area contributed by atoms with E-state index in [1.54, 1.807) is 13.1 Å². The summed E-state index contributed by atoms with van der Waals surface area (Å²) in [7, 11) is 1.65. The van der Waals surface area contributed by atoms with Crippen molar-refractivity contribution >= 4 is 12.4 Å². The van der Waals surface area contributed by atoms with Gasteiger partial charge in [0.1, 0.15) is 5.69 Å². The van der Waals surface area contributed by atoms with Crippen molar-refractivity contribution in [3.05, 3.63) is 36.1 Å². The molecule has 1 saturated heterocycles. The lowest BCUT2D eigenvalue weighted by Crippen LogP contribution is -2.41. The molecule has 2 heterocycles. The van der Waals surface area contributed by atoms with Crippen LogP contribution in [0.2, 0.25) is 0 Å². The Kier molecular flexibility index (Phi) is 4.57. The second-order valence-electron chi connectivity index (χ2n) is 5.36. The Balaban J connectivity index is 2.24. The van der Waals surface area contributed by atoms with Crippen LogP contribution in [0.1, 0.15) is 25.5 Å².